The van der Waals surface area contributed by atoms with Crippen LogP contribution in [0.25, 0.3) is 0 Å². The summed E-state index contributed by atoms with van der Waals surface area (Å²) in [5, 5.41) is 0. The molecule has 0 atom stereocenters. The Morgan fingerprint density at radius 1 is 0.481 bits per heavy atom. The van der Waals surface area contributed by atoms with Gasteiger partial charge >= 0.3 is 0 Å². The molecule has 4 heteroatoms. The molecule has 0 aliphatic carbocycles. The highest BCUT2D eigenvalue weighted by Gasteiger charge is 2.11. The van der Waals surface area contributed by atoms with Crippen LogP contribution >= 0.6 is 0 Å². The minimum atomic E-state index is 0.356. The molecule has 4 rings (SSSR count). The van der Waals surface area contributed by atoms with E-state index in [2.05, 4.69) is 55.3 Å². The Morgan fingerprint density at radius 3 is 1.48 bits per heavy atom. The van der Waals surface area contributed by atoms with Gasteiger partial charge in [0.15, 0.2) is 5.75 Å². The molecule has 4 N–H and O–H groups in total. The van der Waals surface area contributed by atoms with Crippen molar-refractivity contribution in [3.05, 3.63) is 129 Å². The van der Waals surface area contributed by atoms with Crippen molar-refractivity contribution < 1.29 is 9.47 Å². The summed E-state index contributed by atoms with van der Waals surface area (Å²) >= 11 is 0. The normalized spacial score (nSPS) is 10.2. The maximum atomic E-state index is 6.47. The fourth-order valence-electron chi connectivity index (χ4n) is 5.98. The van der Waals surface area contributed by atoms with E-state index in [-0.39, 0.29) is 0 Å². The number of benzene rings is 4. The molecule has 4 aromatic rings. The van der Waals surface area contributed by atoms with Gasteiger partial charge in [0.25, 0.3) is 0 Å². The van der Waals surface area contributed by atoms with E-state index < -0.39 is 0 Å². The van der Waals surface area contributed by atoms with Gasteiger partial charge in [0.05, 0.1) is 29.9 Å². The zero-order valence-corrected chi connectivity index (χ0v) is 32.4. The fourth-order valence-corrected chi connectivity index (χ4v) is 5.98. The van der Waals surface area contributed by atoms with Crippen molar-refractivity contribution in [2.45, 2.75) is 104 Å². The molecule has 0 aliphatic heterocycles. The summed E-state index contributed by atoms with van der Waals surface area (Å²) in [5.41, 5.74) is 19.8. The van der Waals surface area contributed by atoms with Crippen molar-refractivity contribution in [2.75, 3.05) is 13.2 Å². The fraction of sp³-hybridized carbons (Fsp3) is 0.360. The molecule has 54 heavy (non-hydrogen) atoms. The summed E-state index contributed by atoms with van der Waals surface area (Å²) in [6, 6.07) is 25.7. The van der Waals surface area contributed by atoms with Crippen molar-refractivity contribution >= 4 is 0 Å². The Balaban J connectivity index is 1.60. The molecular weight excluding hydrogens is 661 g/mol. The van der Waals surface area contributed by atoms with E-state index in [1.54, 1.807) is 0 Å². The largest absolute Gasteiger partial charge is 0.492 e. The summed E-state index contributed by atoms with van der Waals surface area (Å²) in [6.45, 7) is 6.54. The smallest absolute Gasteiger partial charge is 0.150 e. The molecule has 0 radical (unpaired) electrons. The van der Waals surface area contributed by atoms with Crippen LogP contribution in [0.3, 0.4) is 0 Å². The van der Waals surface area contributed by atoms with Crippen LogP contribution < -0.4 is 20.9 Å². The summed E-state index contributed by atoms with van der Waals surface area (Å²) in [6.07, 6.45) is 20.0. The van der Waals surface area contributed by atoms with Crippen molar-refractivity contribution in [2.24, 2.45) is 11.5 Å². The lowest BCUT2D eigenvalue weighted by Gasteiger charge is -2.13. The van der Waals surface area contributed by atoms with Gasteiger partial charge in [-0.15, -0.1) is 6.42 Å². The predicted octanol–water partition coefficient (Wildman–Crippen LogP) is 10.3. The predicted molar refractivity (Wildman–Crippen MR) is 225 cm³/mol. The van der Waals surface area contributed by atoms with Crippen LogP contribution in [0.5, 0.6) is 11.5 Å². The maximum absolute atomic E-state index is 6.47. The van der Waals surface area contributed by atoms with Gasteiger partial charge in [0, 0.05) is 35.3 Å². The average molecular weight is 717 g/mol. The molecule has 0 bridgehead atoms. The first-order chi connectivity index (χ1) is 26.6. The number of ether oxygens (including phenoxy) is 2. The monoisotopic (exact) mass is 716 g/mol. The quantitative estimate of drug-likeness (QED) is 0.0795. The topological polar surface area (TPSA) is 70.5 Å². The Labute approximate surface area is 325 Å². The number of rotatable bonds is 18. The Kier molecular flexibility index (Phi) is 18.4. The molecule has 0 amide bonds. The van der Waals surface area contributed by atoms with Crippen LogP contribution in [-0.4, -0.2) is 13.2 Å². The molecule has 0 saturated heterocycles. The molecule has 0 fully saturated rings. The van der Waals surface area contributed by atoms with Gasteiger partial charge in [0.1, 0.15) is 5.75 Å². The Morgan fingerprint density at radius 2 is 0.944 bits per heavy atom. The Bertz CT molecular complexity index is 2020. The molecule has 0 spiro atoms. The molecule has 0 aliphatic rings. The minimum absolute atomic E-state index is 0.356. The highest BCUT2D eigenvalue weighted by molar-refractivity contribution is 5.61. The van der Waals surface area contributed by atoms with Gasteiger partial charge < -0.3 is 20.9 Å². The zero-order valence-electron chi connectivity index (χ0n) is 32.4. The third kappa shape index (κ3) is 14.2. The van der Waals surface area contributed by atoms with Crippen molar-refractivity contribution in [1.82, 2.24) is 0 Å². The van der Waals surface area contributed by atoms with E-state index in [4.69, 9.17) is 27.4 Å². The van der Waals surface area contributed by atoms with E-state index in [1.807, 2.05) is 78.9 Å². The summed E-state index contributed by atoms with van der Waals surface area (Å²) in [7, 11) is 0. The minimum Gasteiger partial charge on any atom is -0.492 e. The van der Waals surface area contributed by atoms with Crippen LogP contribution in [0.15, 0.2) is 78.9 Å². The molecule has 4 nitrogen and oxygen atoms in total. The number of terminal acetylenes is 1. The SMILES string of the molecule is C#Cc1cccc(C#Cc2cc(CN)cc(C#Cc3cccc(C#Cc4cc(CN)ccc4OCCCCCCCC)c3)c2OCCCCCCCC)c1. The third-order valence-electron chi connectivity index (χ3n) is 9.08. The average Bonchev–Trinajstić information content (AvgIpc) is 3.21. The summed E-state index contributed by atoms with van der Waals surface area (Å²) < 4.78 is 12.7. The van der Waals surface area contributed by atoms with E-state index in [0.717, 1.165) is 75.1 Å². The first-order valence-corrected chi connectivity index (χ1v) is 19.7. The third-order valence-corrected chi connectivity index (χ3v) is 9.08. The highest BCUT2D eigenvalue weighted by atomic mass is 16.5. The van der Waals surface area contributed by atoms with E-state index >= 15 is 0 Å². The summed E-state index contributed by atoms with van der Waals surface area (Å²) in [4.78, 5) is 0. The van der Waals surface area contributed by atoms with Crippen LogP contribution in [0, 0.1) is 47.9 Å². The van der Waals surface area contributed by atoms with Crippen LogP contribution in [0.1, 0.15) is 141 Å². The van der Waals surface area contributed by atoms with Gasteiger partial charge in [-0.25, -0.2) is 0 Å². The number of unbranched alkanes of at least 4 members (excludes halogenated alkanes) is 10. The molecule has 0 aromatic heterocycles. The van der Waals surface area contributed by atoms with Gasteiger partial charge in [-0.05, 0) is 84.6 Å². The van der Waals surface area contributed by atoms with Gasteiger partial charge in [-0.3, -0.25) is 0 Å². The molecule has 4 aromatic carbocycles. The Hall–Kier alpha value is -5.36. The van der Waals surface area contributed by atoms with Gasteiger partial charge in [-0.1, -0.05) is 138 Å². The van der Waals surface area contributed by atoms with Crippen LogP contribution in [-0.2, 0) is 13.1 Å². The van der Waals surface area contributed by atoms with Gasteiger partial charge in [-0.2, -0.15) is 0 Å². The van der Waals surface area contributed by atoms with Crippen molar-refractivity contribution in [1.29, 1.82) is 0 Å². The first-order valence-electron chi connectivity index (χ1n) is 19.7. The second kappa shape index (κ2) is 24.1. The standard InChI is InChI=1S/C50H56N2O2/c1-4-7-9-11-13-15-31-53-49-30-26-44(38-51)35-46(49)27-23-42-21-18-22-43(34-42)25-29-48-37-45(39-52)36-47(28-24-41-20-17-19-40(6-3)33-41)50(48)54-32-16-14-12-10-8-5-2/h3,17-22,26,30,33-37H,4-5,7-16,31-32,38-39,51-52H2,1-2H3. The highest BCUT2D eigenvalue weighted by Crippen LogP contribution is 2.27. The van der Waals surface area contributed by atoms with Crippen LogP contribution in [0.2, 0.25) is 0 Å². The number of nitrogens with two attached hydrogens (primary N) is 2. The van der Waals surface area contributed by atoms with E-state index in [9.17, 15) is 0 Å². The lowest BCUT2D eigenvalue weighted by atomic mass is 10.0. The molecule has 278 valence electrons. The van der Waals surface area contributed by atoms with E-state index in [1.165, 1.54) is 57.8 Å². The lowest BCUT2D eigenvalue weighted by Crippen LogP contribution is -2.04. The number of hydrogen-bond donors (Lipinski definition) is 2. The van der Waals surface area contributed by atoms with Gasteiger partial charge in [0.2, 0.25) is 0 Å². The van der Waals surface area contributed by atoms with Crippen molar-refractivity contribution in [3.8, 4) is 59.4 Å². The molecule has 0 unspecified atom stereocenters. The molecule has 0 heterocycles. The molecule has 0 saturated carbocycles. The summed E-state index contributed by atoms with van der Waals surface area (Å²) in [5.74, 6) is 24.2. The zero-order chi connectivity index (χ0) is 38.2. The second-order valence-corrected chi connectivity index (χ2v) is 13.5. The second-order valence-electron chi connectivity index (χ2n) is 13.5. The van der Waals surface area contributed by atoms with Crippen molar-refractivity contribution in [3.63, 3.8) is 0 Å². The van der Waals surface area contributed by atoms with E-state index in [0.29, 0.717) is 32.1 Å². The number of hydrogen-bond acceptors (Lipinski definition) is 4. The van der Waals surface area contributed by atoms with Crippen LogP contribution in [0.4, 0.5) is 0 Å². The first kappa shape index (κ1) is 41.4. The molecular formula is C50H56N2O2. The lowest BCUT2D eigenvalue weighted by molar-refractivity contribution is 0.303. The maximum Gasteiger partial charge on any atom is 0.150 e.